The molecule has 1 heterocycles. The number of anilines is 1. The molecule has 0 radical (unpaired) electrons. The Morgan fingerprint density at radius 2 is 1.76 bits per heavy atom. The summed E-state index contributed by atoms with van der Waals surface area (Å²) in [6.45, 7) is 1.78. The number of nitriles is 1. The molecule has 0 aromatic heterocycles. The van der Waals surface area contributed by atoms with Gasteiger partial charge < -0.3 is 19.9 Å². The van der Waals surface area contributed by atoms with Gasteiger partial charge in [-0.1, -0.05) is 36.4 Å². The zero-order valence-corrected chi connectivity index (χ0v) is 18.3. The van der Waals surface area contributed by atoms with Crippen molar-refractivity contribution in [2.45, 2.75) is 12.8 Å². The van der Waals surface area contributed by atoms with Gasteiger partial charge in [0.2, 0.25) is 0 Å². The van der Waals surface area contributed by atoms with Crippen LogP contribution in [0, 0.1) is 17.1 Å². The summed E-state index contributed by atoms with van der Waals surface area (Å²) in [7, 11) is 2.28. The molecule has 0 aliphatic carbocycles. The van der Waals surface area contributed by atoms with E-state index in [0.717, 1.165) is 19.1 Å². The second-order valence-corrected chi connectivity index (χ2v) is 6.86. The predicted octanol–water partition coefficient (Wildman–Crippen LogP) is 3.12. The zero-order chi connectivity index (χ0) is 24.1. The lowest BCUT2D eigenvalue weighted by atomic mass is 9.81. The average Bonchev–Trinajstić information content (AvgIpc) is 2.84. The van der Waals surface area contributed by atoms with Crippen molar-refractivity contribution in [2.75, 3.05) is 25.7 Å². The summed E-state index contributed by atoms with van der Waals surface area (Å²) >= 11 is 0. The van der Waals surface area contributed by atoms with E-state index in [2.05, 4.69) is 0 Å². The van der Waals surface area contributed by atoms with Crippen LogP contribution in [-0.4, -0.2) is 32.8 Å². The van der Waals surface area contributed by atoms with Gasteiger partial charge in [0.05, 0.1) is 49.6 Å². The van der Waals surface area contributed by atoms with E-state index in [9.17, 15) is 19.2 Å². The van der Waals surface area contributed by atoms with Gasteiger partial charge in [0.25, 0.3) is 0 Å². The summed E-state index contributed by atoms with van der Waals surface area (Å²) in [6, 6.07) is 14.7. The second kappa shape index (κ2) is 9.87. The maximum Gasteiger partial charge on any atom is 0.355 e. The van der Waals surface area contributed by atoms with Crippen LogP contribution in [0.25, 0.3) is 0 Å². The van der Waals surface area contributed by atoms with Crippen LogP contribution in [0.3, 0.4) is 0 Å². The number of hydrogen-bond acceptors (Lipinski definition) is 8. The normalized spacial score (nSPS) is 15.7. The van der Waals surface area contributed by atoms with Gasteiger partial charge in [-0.25, -0.2) is 14.0 Å². The SMILES string of the molecule is CCOc1c(F)cccc1N1C(N)=C(C#N)C(c2ccccc2)C(C(=O)OC)=C1C(=O)OC. The Balaban J connectivity index is 2.45. The number of hydrogen-bond donors (Lipinski definition) is 1. The van der Waals surface area contributed by atoms with Crippen molar-refractivity contribution >= 4 is 17.6 Å². The first-order valence-electron chi connectivity index (χ1n) is 9.98. The number of para-hydroxylation sites is 1. The molecule has 2 N–H and O–H groups in total. The van der Waals surface area contributed by atoms with E-state index in [-0.39, 0.29) is 40.7 Å². The molecule has 2 aromatic rings. The molecule has 0 fully saturated rings. The van der Waals surface area contributed by atoms with Gasteiger partial charge in [0.15, 0.2) is 11.6 Å². The Bertz CT molecular complexity index is 1180. The molecule has 0 saturated heterocycles. The molecule has 1 atom stereocenters. The number of rotatable bonds is 6. The van der Waals surface area contributed by atoms with Crippen molar-refractivity contribution in [3.8, 4) is 11.8 Å². The first-order valence-corrected chi connectivity index (χ1v) is 9.98. The molecule has 0 bridgehead atoms. The monoisotopic (exact) mass is 451 g/mol. The second-order valence-electron chi connectivity index (χ2n) is 6.86. The van der Waals surface area contributed by atoms with Crippen molar-refractivity contribution in [3.05, 3.63) is 82.6 Å². The van der Waals surface area contributed by atoms with Gasteiger partial charge in [-0.15, -0.1) is 0 Å². The van der Waals surface area contributed by atoms with Crippen molar-refractivity contribution in [1.29, 1.82) is 5.26 Å². The molecule has 2 aromatic carbocycles. The van der Waals surface area contributed by atoms with Crippen LogP contribution < -0.4 is 15.4 Å². The molecule has 1 aliphatic rings. The van der Waals surface area contributed by atoms with E-state index in [0.29, 0.717) is 5.56 Å². The molecule has 170 valence electrons. The molecular formula is C24H22FN3O5. The fourth-order valence-corrected chi connectivity index (χ4v) is 3.72. The number of nitrogens with zero attached hydrogens (tertiary/aromatic N) is 2. The van der Waals surface area contributed by atoms with E-state index < -0.39 is 23.7 Å². The molecule has 1 aliphatic heterocycles. The summed E-state index contributed by atoms with van der Waals surface area (Å²) in [5.41, 5.74) is 6.46. The number of benzene rings is 2. The van der Waals surface area contributed by atoms with Crippen molar-refractivity contribution in [3.63, 3.8) is 0 Å². The van der Waals surface area contributed by atoms with Gasteiger partial charge in [-0.2, -0.15) is 5.26 Å². The van der Waals surface area contributed by atoms with Crippen LogP contribution in [0.2, 0.25) is 0 Å². The topological polar surface area (TPSA) is 115 Å². The number of nitrogens with two attached hydrogens (primary N) is 1. The third kappa shape index (κ3) is 4.11. The smallest absolute Gasteiger partial charge is 0.355 e. The van der Waals surface area contributed by atoms with Crippen LogP contribution in [0.15, 0.2) is 71.2 Å². The van der Waals surface area contributed by atoms with Gasteiger partial charge in [-0.05, 0) is 24.6 Å². The summed E-state index contributed by atoms with van der Waals surface area (Å²) in [4.78, 5) is 27.1. The maximum absolute atomic E-state index is 14.7. The van der Waals surface area contributed by atoms with E-state index in [1.54, 1.807) is 37.3 Å². The largest absolute Gasteiger partial charge is 0.489 e. The van der Waals surface area contributed by atoms with Crippen LogP contribution in [0.1, 0.15) is 18.4 Å². The number of carbonyl (C=O) groups is 2. The molecule has 33 heavy (non-hydrogen) atoms. The molecule has 0 spiro atoms. The Morgan fingerprint density at radius 3 is 2.33 bits per heavy atom. The van der Waals surface area contributed by atoms with Crippen LogP contribution in [0.4, 0.5) is 10.1 Å². The fourth-order valence-electron chi connectivity index (χ4n) is 3.72. The predicted molar refractivity (Wildman–Crippen MR) is 117 cm³/mol. The molecule has 3 rings (SSSR count). The minimum absolute atomic E-state index is 0.0235. The third-order valence-electron chi connectivity index (χ3n) is 5.09. The molecule has 0 saturated carbocycles. The van der Waals surface area contributed by atoms with E-state index in [4.69, 9.17) is 19.9 Å². The maximum atomic E-state index is 14.7. The Hall–Kier alpha value is -4.32. The highest BCUT2D eigenvalue weighted by atomic mass is 19.1. The fraction of sp³-hybridized carbons (Fsp3) is 0.208. The van der Waals surface area contributed by atoms with Gasteiger partial charge in [0, 0.05) is 0 Å². The van der Waals surface area contributed by atoms with Crippen molar-refractivity contribution < 1.29 is 28.2 Å². The minimum Gasteiger partial charge on any atom is -0.489 e. The van der Waals surface area contributed by atoms with Gasteiger partial charge in [0.1, 0.15) is 11.5 Å². The van der Waals surface area contributed by atoms with Crippen LogP contribution in [-0.2, 0) is 19.1 Å². The molecular weight excluding hydrogens is 429 g/mol. The van der Waals surface area contributed by atoms with Crippen molar-refractivity contribution in [1.82, 2.24) is 0 Å². The summed E-state index contributed by atoms with van der Waals surface area (Å²) in [5.74, 6) is -3.91. The lowest BCUT2D eigenvalue weighted by molar-refractivity contribution is -0.139. The number of esters is 2. The Morgan fingerprint density at radius 1 is 1.09 bits per heavy atom. The standard InChI is InChI=1S/C24H22FN3O5/c1-4-33-21-16(25)11-8-12-17(21)28-20(24(30)32-3)19(23(29)31-2)18(15(13-26)22(28)27)14-9-6-5-7-10-14/h5-12,18H,4,27H2,1-3H3. The zero-order valence-electron chi connectivity index (χ0n) is 18.3. The highest BCUT2D eigenvalue weighted by molar-refractivity contribution is 6.06. The molecule has 1 unspecified atom stereocenters. The van der Waals surface area contributed by atoms with E-state index in [1.165, 1.54) is 18.2 Å². The highest BCUT2D eigenvalue weighted by Gasteiger charge is 2.43. The summed E-state index contributed by atoms with van der Waals surface area (Å²) < 4.78 is 30.1. The average molecular weight is 451 g/mol. The molecule has 8 nitrogen and oxygen atoms in total. The quantitative estimate of drug-likeness (QED) is 0.666. The van der Waals surface area contributed by atoms with Crippen LogP contribution >= 0.6 is 0 Å². The van der Waals surface area contributed by atoms with E-state index >= 15 is 0 Å². The molecule has 9 heteroatoms. The Kier molecular flexibility index (Phi) is 6.98. The number of halogens is 1. The Labute approximate surface area is 190 Å². The van der Waals surface area contributed by atoms with Crippen LogP contribution in [0.5, 0.6) is 5.75 Å². The number of allylic oxidation sites excluding steroid dienone is 1. The van der Waals surface area contributed by atoms with Crippen molar-refractivity contribution in [2.24, 2.45) is 5.73 Å². The number of ether oxygens (including phenoxy) is 3. The lowest BCUT2D eigenvalue weighted by Gasteiger charge is -2.36. The van der Waals surface area contributed by atoms with E-state index in [1.807, 2.05) is 6.07 Å². The third-order valence-corrected chi connectivity index (χ3v) is 5.09. The first kappa shape index (κ1) is 23.3. The minimum atomic E-state index is -1.02. The lowest BCUT2D eigenvalue weighted by Crippen LogP contribution is -2.41. The van der Waals surface area contributed by atoms with Gasteiger partial charge in [-0.3, -0.25) is 4.90 Å². The summed E-state index contributed by atoms with van der Waals surface area (Å²) in [5, 5.41) is 10.0. The molecule has 0 amide bonds. The number of carbonyl (C=O) groups excluding carboxylic acids is 2. The highest BCUT2D eigenvalue weighted by Crippen LogP contribution is 2.45. The number of methoxy groups -OCH3 is 2. The first-order chi connectivity index (χ1) is 15.9. The van der Waals surface area contributed by atoms with Gasteiger partial charge >= 0.3 is 11.9 Å². The summed E-state index contributed by atoms with van der Waals surface area (Å²) in [6.07, 6.45) is 0.